The van der Waals surface area contributed by atoms with Gasteiger partial charge in [-0.1, -0.05) is 42.5 Å². The summed E-state index contributed by atoms with van der Waals surface area (Å²) in [6, 6.07) is 17.2. The smallest absolute Gasteiger partial charge is 0.191 e. The van der Waals surface area contributed by atoms with E-state index in [1.165, 1.54) is 16.7 Å². The van der Waals surface area contributed by atoms with Crippen LogP contribution in [0, 0.1) is 0 Å². The number of aliphatic imine (C=N–C) groups is 1. The van der Waals surface area contributed by atoms with Crippen LogP contribution in [0.2, 0.25) is 0 Å². The molecule has 0 aromatic heterocycles. The maximum atomic E-state index is 6.15. The molecule has 0 radical (unpaired) electrons. The Bertz CT molecular complexity index is 889. The number of benzene rings is 2. The van der Waals surface area contributed by atoms with Crippen molar-refractivity contribution in [1.82, 2.24) is 15.5 Å². The molecule has 1 fully saturated rings. The van der Waals surface area contributed by atoms with Gasteiger partial charge < -0.3 is 20.1 Å². The van der Waals surface area contributed by atoms with Gasteiger partial charge in [-0.15, -0.1) is 0 Å². The number of rotatable bonds is 5. The Labute approximate surface area is 185 Å². The number of fused-ring (bicyclic) bond motifs is 1. The first-order chi connectivity index (χ1) is 15.0. The van der Waals surface area contributed by atoms with Gasteiger partial charge >= 0.3 is 0 Å². The van der Waals surface area contributed by atoms with Crippen molar-refractivity contribution < 1.29 is 9.47 Å². The second-order valence-electron chi connectivity index (χ2n) is 8.93. The van der Waals surface area contributed by atoms with Gasteiger partial charge in [-0.05, 0) is 31.0 Å². The van der Waals surface area contributed by atoms with Crippen LogP contribution < -0.4 is 15.4 Å². The fraction of sp³-hybridized carbons (Fsp3) is 0.480. The van der Waals surface area contributed by atoms with E-state index in [-0.39, 0.29) is 11.6 Å². The molecule has 6 heteroatoms. The third-order valence-electron chi connectivity index (χ3n) is 5.90. The van der Waals surface area contributed by atoms with E-state index in [4.69, 9.17) is 9.47 Å². The SMILES string of the molecule is CN=C(NCc1ccc(CN2CCOCC2)cc1)NC1CC(C)(C)Oc2ccccc21. The van der Waals surface area contributed by atoms with Crippen LogP contribution in [0.25, 0.3) is 0 Å². The summed E-state index contributed by atoms with van der Waals surface area (Å²) in [5.74, 6) is 1.75. The quantitative estimate of drug-likeness (QED) is 0.571. The molecule has 4 rings (SSSR count). The minimum Gasteiger partial charge on any atom is -0.487 e. The van der Waals surface area contributed by atoms with Crippen molar-refractivity contribution in [1.29, 1.82) is 0 Å². The summed E-state index contributed by atoms with van der Waals surface area (Å²) < 4.78 is 11.6. The van der Waals surface area contributed by atoms with E-state index in [1.54, 1.807) is 0 Å². The molecule has 2 aliphatic heterocycles. The van der Waals surface area contributed by atoms with E-state index in [2.05, 4.69) is 70.8 Å². The molecule has 0 saturated carbocycles. The Morgan fingerprint density at radius 3 is 2.52 bits per heavy atom. The summed E-state index contributed by atoms with van der Waals surface area (Å²) in [6.45, 7) is 9.67. The summed E-state index contributed by atoms with van der Waals surface area (Å²) in [4.78, 5) is 6.89. The lowest BCUT2D eigenvalue weighted by Crippen LogP contribution is -2.45. The zero-order valence-corrected chi connectivity index (χ0v) is 18.9. The van der Waals surface area contributed by atoms with Crippen LogP contribution in [-0.2, 0) is 17.8 Å². The monoisotopic (exact) mass is 422 g/mol. The van der Waals surface area contributed by atoms with E-state index >= 15 is 0 Å². The van der Waals surface area contributed by atoms with E-state index in [9.17, 15) is 0 Å². The normalized spacial score (nSPS) is 21.1. The third kappa shape index (κ3) is 5.77. The number of guanidine groups is 1. The highest BCUT2D eigenvalue weighted by Gasteiger charge is 2.33. The maximum absolute atomic E-state index is 6.15. The van der Waals surface area contributed by atoms with Gasteiger partial charge in [-0.25, -0.2) is 0 Å². The highest BCUT2D eigenvalue weighted by atomic mass is 16.5. The van der Waals surface area contributed by atoms with E-state index < -0.39 is 0 Å². The van der Waals surface area contributed by atoms with Gasteiger partial charge in [0.15, 0.2) is 5.96 Å². The molecule has 2 aromatic carbocycles. The maximum Gasteiger partial charge on any atom is 0.191 e. The molecule has 2 heterocycles. The topological polar surface area (TPSA) is 58.1 Å². The van der Waals surface area contributed by atoms with E-state index in [0.29, 0.717) is 0 Å². The lowest BCUT2D eigenvalue weighted by molar-refractivity contribution is 0.0342. The summed E-state index contributed by atoms with van der Waals surface area (Å²) in [6.07, 6.45) is 0.876. The first-order valence-electron chi connectivity index (χ1n) is 11.2. The average Bonchev–Trinajstić information content (AvgIpc) is 2.77. The first-order valence-corrected chi connectivity index (χ1v) is 11.2. The fourth-order valence-corrected chi connectivity index (χ4v) is 4.26. The summed E-state index contributed by atoms with van der Waals surface area (Å²) >= 11 is 0. The van der Waals surface area contributed by atoms with E-state index in [0.717, 1.165) is 57.5 Å². The zero-order chi connectivity index (χ0) is 21.7. The number of para-hydroxylation sites is 1. The molecular formula is C25H34N4O2. The molecule has 31 heavy (non-hydrogen) atoms. The van der Waals surface area contributed by atoms with Crippen LogP contribution in [0.15, 0.2) is 53.5 Å². The predicted octanol–water partition coefficient (Wildman–Crippen LogP) is 3.49. The van der Waals surface area contributed by atoms with Gasteiger partial charge in [-0.3, -0.25) is 9.89 Å². The average molecular weight is 423 g/mol. The van der Waals surface area contributed by atoms with Crippen LogP contribution in [-0.4, -0.2) is 49.8 Å². The van der Waals surface area contributed by atoms with Crippen molar-refractivity contribution in [3.63, 3.8) is 0 Å². The molecule has 6 nitrogen and oxygen atoms in total. The molecule has 0 bridgehead atoms. The highest BCUT2D eigenvalue weighted by Crippen LogP contribution is 2.39. The van der Waals surface area contributed by atoms with Crippen LogP contribution in [0.3, 0.4) is 0 Å². The number of morpholine rings is 1. The summed E-state index contributed by atoms with van der Waals surface area (Å²) in [5, 5.41) is 7.06. The van der Waals surface area contributed by atoms with Gasteiger partial charge in [-0.2, -0.15) is 0 Å². The Kier molecular flexibility index (Phi) is 6.78. The van der Waals surface area contributed by atoms with Crippen LogP contribution in [0.1, 0.15) is 43.0 Å². The Balaban J connectivity index is 1.33. The lowest BCUT2D eigenvalue weighted by Gasteiger charge is -2.38. The molecule has 1 saturated heterocycles. The van der Waals surface area contributed by atoms with Crippen molar-refractivity contribution in [2.75, 3.05) is 33.4 Å². The molecule has 2 aromatic rings. The molecule has 0 amide bonds. The number of nitrogens with zero attached hydrogens (tertiary/aromatic N) is 2. The lowest BCUT2D eigenvalue weighted by atomic mass is 9.90. The molecule has 0 aliphatic carbocycles. The molecule has 2 N–H and O–H groups in total. The Morgan fingerprint density at radius 2 is 1.77 bits per heavy atom. The van der Waals surface area contributed by atoms with Gasteiger partial charge in [0, 0.05) is 45.2 Å². The van der Waals surface area contributed by atoms with Crippen molar-refractivity contribution in [2.45, 2.75) is 45.0 Å². The minimum absolute atomic E-state index is 0.155. The third-order valence-corrected chi connectivity index (χ3v) is 5.90. The van der Waals surface area contributed by atoms with Gasteiger partial charge in [0.1, 0.15) is 11.4 Å². The van der Waals surface area contributed by atoms with Crippen molar-refractivity contribution in [3.8, 4) is 5.75 Å². The van der Waals surface area contributed by atoms with Gasteiger partial charge in [0.2, 0.25) is 0 Å². The molecule has 0 spiro atoms. The fourth-order valence-electron chi connectivity index (χ4n) is 4.26. The van der Waals surface area contributed by atoms with Crippen LogP contribution >= 0.6 is 0 Å². The van der Waals surface area contributed by atoms with Crippen LogP contribution in [0.5, 0.6) is 5.75 Å². The van der Waals surface area contributed by atoms with Crippen molar-refractivity contribution in [3.05, 3.63) is 65.2 Å². The first kappa shape index (κ1) is 21.7. The van der Waals surface area contributed by atoms with Gasteiger partial charge in [0.05, 0.1) is 19.3 Å². The van der Waals surface area contributed by atoms with Crippen molar-refractivity contribution in [2.24, 2.45) is 4.99 Å². The standard InChI is InChI=1S/C25H34N4O2/c1-25(2)16-22(21-6-4-5-7-23(21)31-25)28-24(26-3)27-17-19-8-10-20(11-9-19)18-29-12-14-30-15-13-29/h4-11,22H,12-18H2,1-3H3,(H2,26,27,28). The second kappa shape index (κ2) is 9.71. The second-order valence-corrected chi connectivity index (χ2v) is 8.93. The Morgan fingerprint density at radius 1 is 1.06 bits per heavy atom. The largest absolute Gasteiger partial charge is 0.487 e. The molecule has 1 atom stereocenters. The highest BCUT2D eigenvalue weighted by molar-refractivity contribution is 5.80. The van der Waals surface area contributed by atoms with Gasteiger partial charge in [0.25, 0.3) is 0 Å². The zero-order valence-electron chi connectivity index (χ0n) is 18.9. The Hall–Kier alpha value is -2.57. The molecule has 2 aliphatic rings. The molecule has 166 valence electrons. The van der Waals surface area contributed by atoms with E-state index in [1.807, 2.05) is 19.2 Å². The number of hydrogen-bond donors (Lipinski definition) is 2. The van der Waals surface area contributed by atoms with Crippen molar-refractivity contribution >= 4 is 5.96 Å². The minimum atomic E-state index is -0.221. The predicted molar refractivity (Wildman–Crippen MR) is 124 cm³/mol. The molecule has 1 unspecified atom stereocenters. The summed E-state index contributed by atoms with van der Waals surface area (Å²) in [7, 11) is 1.82. The molecular weight excluding hydrogens is 388 g/mol. The van der Waals surface area contributed by atoms with Crippen LogP contribution in [0.4, 0.5) is 0 Å². The number of nitrogens with one attached hydrogen (secondary N) is 2. The summed E-state index contributed by atoms with van der Waals surface area (Å²) in [5.41, 5.74) is 3.54. The number of hydrogen-bond acceptors (Lipinski definition) is 4. The number of ether oxygens (including phenoxy) is 2.